The maximum Gasteiger partial charge on any atom is 0.224 e. The Labute approximate surface area is 126 Å². The molecule has 0 radical (unpaired) electrons. The summed E-state index contributed by atoms with van der Waals surface area (Å²) in [7, 11) is 0. The summed E-state index contributed by atoms with van der Waals surface area (Å²) in [6.07, 6.45) is 7.47. The molecule has 1 amide bonds. The topological polar surface area (TPSA) is 46.3 Å². The minimum absolute atomic E-state index is 0.00579. The monoisotopic (exact) mass is 284 g/mol. The molecule has 0 rings (SSSR count). The Hall–Kier alpha value is -0.570. The van der Waals surface area contributed by atoms with Gasteiger partial charge in [-0.3, -0.25) is 4.79 Å². The summed E-state index contributed by atoms with van der Waals surface area (Å²) in [4.78, 5) is 14.5. The molecular weight excluding hydrogens is 248 g/mol. The summed E-state index contributed by atoms with van der Waals surface area (Å²) < 4.78 is 0. The molecule has 0 aliphatic carbocycles. The third-order valence-electron chi connectivity index (χ3n) is 3.92. The number of nitrogens with zero attached hydrogens (tertiary/aromatic N) is 1. The fourth-order valence-electron chi connectivity index (χ4n) is 2.09. The van der Waals surface area contributed by atoms with E-state index in [2.05, 4.69) is 34.6 Å². The van der Waals surface area contributed by atoms with E-state index in [1.165, 1.54) is 25.7 Å². The summed E-state index contributed by atoms with van der Waals surface area (Å²) in [5.41, 5.74) is 6.15. The van der Waals surface area contributed by atoms with Gasteiger partial charge in [0.05, 0.1) is 0 Å². The molecule has 0 saturated heterocycles. The second-order valence-electron chi connectivity index (χ2n) is 6.97. The number of hydrogen-bond donors (Lipinski definition) is 1. The number of hydrogen-bond acceptors (Lipinski definition) is 2. The summed E-state index contributed by atoms with van der Waals surface area (Å²) in [6.45, 7) is 12.5. The second kappa shape index (κ2) is 10.2. The number of carbonyl (C=O) groups excluding carboxylic acids is 1. The molecule has 3 nitrogen and oxygen atoms in total. The Morgan fingerprint density at radius 3 is 1.80 bits per heavy atom. The van der Waals surface area contributed by atoms with Crippen LogP contribution in [0, 0.1) is 5.41 Å². The van der Waals surface area contributed by atoms with Gasteiger partial charge in [0.2, 0.25) is 5.91 Å². The number of amides is 1. The molecule has 0 aliphatic heterocycles. The average molecular weight is 284 g/mol. The van der Waals surface area contributed by atoms with Crippen molar-refractivity contribution in [2.45, 2.75) is 85.6 Å². The quantitative estimate of drug-likeness (QED) is 0.617. The van der Waals surface area contributed by atoms with Gasteiger partial charge in [-0.1, -0.05) is 60.3 Å². The predicted octanol–water partition coefficient (Wildman–Crippen LogP) is 3.96. The summed E-state index contributed by atoms with van der Waals surface area (Å²) in [5.74, 6) is 0.236. The van der Waals surface area contributed by atoms with Crippen molar-refractivity contribution in [1.29, 1.82) is 0 Å². The third-order valence-corrected chi connectivity index (χ3v) is 3.92. The first-order valence-corrected chi connectivity index (χ1v) is 8.36. The first-order chi connectivity index (χ1) is 9.32. The van der Waals surface area contributed by atoms with Crippen molar-refractivity contribution in [3.05, 3.63) is 0 Å². The molecule has 0 aromatic heterocycles. The van der Waals surface area contributed by atoms with E-state index in [4.69, 9.17) is 5.73 Å². The molecule has 0 saturated carbocycles. The molecule has 0 aliphatic rings. The number of carbonyl (C=O) groups is 1. The highest BCUT2D eigenvalue weighted by molar-refractivity contribution is 5.76. The predicted molar refractivity (Wildman–Crippen MR) is 87.7 cm³/mol. The van der Waals surface area contributed by atoms with Crippen LogP contribution >= 0.6 is 0 Å². The van der Waals surface area contributed by atoms with Gasteiger partial charge in [-0.05, 0) is 18.3 Å². The summed E-state index contributed by atoms with van der Waals surface area (Å²) in [5, 5.41) is 0. The van der Waals surface area contributed by atoms with Gasteiger partial charge in [-0.2, -0.15) is 0 Å². The fourth-order valence-corrected chi connectivity index (χ4v) is 2.09. The van der Waals surface area contributed by atoms with E-state index in [-0.39, 0.29) is 17.4 Å². The van der Waals surface area contributed by atoms with E-state index in [0.717, 1.165) is 25.9 Å². The van der Waals surface area contributed by atoms with Crippen LogP contribution < -0.4 is 5.73 Å². The van der Waals surface area contributed by atoms with E-state index < -0.39 is 0 Å². The smallest absolute Gasteiger partial charge is 0.224 e. The SMILES string of the molecule is CCCCCN(CCCCC)C(=O)CC(N)C(C)(C)C. The highest BCUT2D eigenvalue weighted by Gasteiger charge is 2.25. The maximum absolute atomic E-state index is 12.4. The van der Waals surface area contributed by atoms with Crippen LogP contribution in [-0.2, 0) is 4.79 Å². The standard InChI is InChI=1S/C17H36N2O/c1-6-8-10-12-19(13-11-9-7-2)16(20)14-15(18)17(3,4)5/h15H,6-14,18H2,1-5H3. The molecule has 120 valence electrons. The minimum Gasteiger partial charge on any atom is -0.343 e. The lowest BCUT2D eigenvalue weighted by atomic mass is 9.85. The molecule has 0 spiro atoms. The summed E-state index contributed by atoms with van der Waals surface area (Å²) >= 11 is 0. The second-order valence-corrected chi connectivity index (χ2v) is 6.97. The summed E-state index contributed by atoms with van der Waals surface area (Å²) in [6, 6.07) is -0.0603. The highest BCUT2D eigenvalue weighted by Crippen LogP contribution is 2.20. The Bertz CT molecular complexity index is 248. The van der Waals surface area contributed by atoms with Crippen LogP contribution in [0.15, 0.2) is 0 Å². The number of nitrogens with two attached hydrogens (primary N) is 1. The zero-order valence-electron chi connectivity index (χ0n) is 14.4. The molecule has 0 heterocycles. The van der Waals surface area contributed by atoms with E-state index in [0.29, 0.717) is 6.42 Å². The molecule has 0 aromatic rings. The van der Waals surface area contributed by atoms with Gasteiger partial charge < -0.3 is 10.6 Å². The molecule has 0 fully saturated rings. The normalized spacial score (nSPS) is 13.3. The van der Waals surface area contributed by atoms with Crippen LogP contribution in [0.25, 0.3) is 0 Å². The molecular formula is C17H36N2O. The number of unbranched alkanes of at least 4 members (excludes halogenated alkanes) is 4. The molecule has 2 N–H and O–H groups in total. The van der Waals surface area contributed by atoms with Gasteiger partial charge >= 0.3 is 0 Å². The Morgan fingerprint density at radius 2 is 1.45 bits per heavy atom. The van der Waals surface area contributed by atoms with Crippen molar-refractivity contribution in [2.24, 2.45) is 11.1 Å². The van der Waals surface area contributed by atoms with Crippen LogP contribution in [-0.4, -0.2) is 29.9 Å². The average Bonchev–Trinajstić information content (AvgIpc) is 2.36. The van der Waals surface area contributed by atoms with Crippen LogP contribution in [0.3, 0.4) is 0 Å². The van der Waals surface area contributed by atoms with Crippen LogP contribution in [0.2, 0.25) is 0 Å². The van der Waals surface area contributed by atoms with Crippen molar-refractivity contribution in [2.75, 3.05) is 13.1 Å². The Morgan fingerprint density at radius 1 is 1.00 bits per heavy atom. The van der Waals surface area contributed by atoms with E-state index in [1.807, 2.05) is 4.90 Å². The minimum atomic E-state index is -0.0603. The maximum atomic E-state index is 12.4. The van der Waals surface area contributed by atoms with Crippen molar-refractivity contribution in [3.8, 4) is 0 Å². The molecule has 0 bridgehead atoms. The van der Waals surface area contributed by atoms with E-state index >= 15 is 0 Å². The molecule has 0 aromatic carbocycles. The van der Waals surface area contributed by atoms with Crippen molar-refractivity contribution in [3.63, 3.8) is 0 Å². The van der Waals surface area contributed by atoms with Crippen molar-refractivity contribution in [1.82, 2.24) is 4.90 Å². The van der Waals surface area contributed by atoms with Gasteiger partial charge in [0.25, 0.3) is 0 Å². The molecule has 3 heteroatoms. The van der Waals surface area contributed by atoms with Crippen LogP contribution in [0.4, 0.5) is 0 Å². The van der Waals surface area contributed by atoms with Gasteiger partial charge in [0, 0.05) is 25.6 Å². The lowest BCUT2D eigenvalue weighted by molar-refractivity contribution is -0.132. The first kappa shape index (κ1) is 19.4. The first-order valence-electron chi connectivity index (χ1n) is 8.36. The van der Waals surface area contributed by atoms with Crippen molar-refractivity contribution < 1.29 is 4.79 Å². The van der Waals surface area contributed by atoms with E-state index in [1.54, 1.807) is 0 Å². The van der Waals surface area contributed by atoms with Gasteiger partial charge in [0.1, 0.15) is 0 Å². The molecule has 1 unspecified atom stereocenters. The van der Waals surface area contributed by atoms with Crippen LogP contribution in [0.1, 0.15) is 79.6 Å². The zero-order chi connectivity index (χ0) is 15.6. The van der Waals surface area contributed by atoms with E-state index in [9.17, 15) is 4.79 Å². The molecule has 1 atom stereocenters. The zero-order valence-corrected chi connectivity index (χ0v) is 14.4. The van der Waals surface area contributed by atoms with Crippen molar-refractivity contribution >= 4 is 5.91 Å². The van der Waals surface area contributed by atoms with Gasteiger partial charge in [-0.25, -0.2) is 0 Å². The highest BCUT2D eigenvalue weighted by atomic mass is 16.2. The number of rotatable bonds is 10. The van der Waals surface area contributed by atoms with Gasteiger partial charge in [-0.15, -0.1) is 0 Å². The largest absolute Gasteiger partial charge is 0.343 e. The third kappa shape index (κ3) is 8.57. The lowest BCUT2D eigenvalue weighted by Crippen LogP contribution is -2.42. The molecule has 20 heavy (non-hydrogen) atoms. The lowest BCUT2D eigenvalue weighted by Gasteiger charge is -2.30. The Balaban J connectivity index is 4.37. The fraction of sp³-hybridized carbons (Fsp3) is 0.941. The Kier molecular flexibility index (Phi) is 9.91. The van der Waals surface area contributed by atoms with Crippen LogP contribution in [0.5, 0.6) is 0 Å². The van der Waals surface area contributed by atoms with Gasteiger partial charge in [0.15, 0.2) is 0 Å².